The minimum Gasteiger partial charge on any atom is -0.253 e. The average molecular weight is 516 g/mol. The van der Waals surface area contributed by atoms with Crippen LogP contribution in [0.2, 0.25) is 0 Å². The van der Waals surface area contributed by atoms with Gasteiger partial charge in [-0.2, -0.15) is 15.3 Å². The topological polar surface area (TPSA) is 72.9 Å². The van der Waals surface area contributed by atoms with E-state index in [-0.39, 0.29) is 0 Å². The zero-order chi connectivity index (χ0) is 25.9. The number of anilines is 1. The minimum absolute atomic E-state index is 0.724. The van der Waals surface area contributed by atoms with Crippen molar-refractivity contribution in [1.29, 1.82) is 0 Å². The third kappa shape index (κ3) is 4.77. The van der Waals surface area contributed by atoms with Crippen LogP contribution in [0.1, 0.15) is 16.8 Å². The number of nitrogens with zero attached hydrogens (tertiary/aromatic N) is 6. The Kier molecular flexibility index (Phi) is 6.37. The van der Waals surface area contributed by atoms with Crippen LogP contribution in [-0.2, 0) is 0 Å². The summed E-state index contributed by atoms with van der Waals surface area (Å²) >= 11 is 1.52. The number of aryl methyl sites for hydroxylation is 1. The van der Waals surface area contributed by atoms with Gasteiger partial charge in [0, 0.05) is 28.3 Å². The van der Waals surface area contributed by atoms with Crippen LogP contribution in [0, 0.1) is 13.8 Å². The van der Waals surface area contributed by atoms with Crippen molar-refractivity contribution in [2.45, 2.75) is 13.8 Å². The molecule has 0 aliphatic rings. The van der Waals surface area contributed by atoms with Gasteiger partial charge in [0.05, 0.1) is 35.2 Å². The highest BCUT2D eigenvalue weighted by Gasteiger charge is 2.17. The van der Waals surface area contributed by atoms with Crippen molar-refractivity contribution in [2.75, 3.05) is 5.43 Å². The maximum absolute atomic E-state index is 4.93. The molecule has 38 heavy (non-hydrogen) atoms. The Morgan fingerprint density at radius 3 is 2.32 bits per heavy atom. The summed E-state index contributed by atoms with van der Waals surface area (Å²) in [6, 6.07) is 28.5. The van der Waals surface area contributed by atoms with E-state index in [4.69, 9.17) is 5.10 Å². The molecule has 3 aromatic heterocycles. The van der Waals surface area contributed by atoms with E-state index in [9.17, 15) is 0 Å². The predicted molar refractivity (Wildman–Crippen MR) is 154 cm³/mol. The Balaban J connectivity index is 1.31. The third-order valence-electron chi connectivity index (χ3n) is 6.24. The number of benzene rings is 3. The van der Waals surface area contributed by atoms with Crippen LogP contribution < -0.4 is 5.43 Å². The van der Waals surface area contributed by atoms with E-state index < -0.39 is 0 Å². The van der Waals surface area contributed by atoms with Gasteiger partial charge in [0.15, 0.2) is 0 Å². The lowest BCUT2D eigenvalue weighted by atomic mass is 10.1. The Hall–Kier alpha value is -4.82. The van der Waals surface area contributed by atoms with Gasteiger partial charge in [-0.15, -0.1) is 11.3 Å². The van der Waals surface area contributed by atoms with Crippen molar-refractivity contribution in [3.8, 4) is 33.9 Å². The van der Waals surface area contributed by atoms with Crippen LogP contribution in [0.15, 0.2) is 108 Å². The molecule has 0 saturated heterocycles. The second kappa shape index (κ2) is 10.3. The highest BCUT2D eigenvalue weighted by molar-refractivity contribution is 7.14. The van der Waals surface area contributed by atoms with Crippen LogP contribution in [0.5, 0.6) is 0 Å². The Morgan fingerprint density at radius 1 is 0.868 bits per heavy atom. The van der Waals surface area contributed by atoms with E-state index in [1.165, 1.54) is 16.9 Å². The molecule has 6 aromatic rings. The van der Waals surface area contributed by atoms with Gasteiger partial charge < -0.3 is 0 Å². The maximum Gasteiger partial charge on any atom is 0.203 e. The van der Waals surface area contributed by atoms with E-state index in [0.29, 0.717) is 0 Å². The third-order valence-corrected chi connectivity index (χ3v) is 6.99. The van der Waals surface area contributed by atoms with E-state index in [2.05, 4.69) is 58.7 Å². The van der Waals surface area contributed by atoms with Gasteiger partial charge >= 0.3 is 0 Å². The van der Waals surface area contributed by atoms with E-state index in [1.807, 2.05) is 87.8 Å². The molecule has 0 bridgehead atoms. The first-order valence-corrected chi connectivity index (χ1v) is 13.1. The standard InChI is InChI=1S/C30H25N7S/c1-21-13-15-23(16-14-21)28-20-38-30(33-28)34-31-17-24-19-36(25-9-5-3-6-10-25)35-29(24)27-18-32-37(22(27)2)26-11-7-4-8-12-26/h3-20H,1-2H3,(H,33,34)/b31-17+. The molecule has 7 nitrogen and oxygen atoms in total. The Morgan fingerprint density at radius 2 is 1.58 bits per heavy atom. The summed E-state index contributed by atoms with van der Waals surface area (Å²) in [7, 11) is 0. The molecule has 6 rings (SSSR count). The molecule has 0 aliphatic heterocycles. The largest absolute Gasteiger partial charge is 0.253 e. The molecular formula is C30H25N7S. The van der Waals surface area contributed by atoms with Crippen molar-refractivity contribution in [3.63, 3.8) is 0 Å². The fourth-order valence-electron chi connectivity index (χ4n) is 4.21. The molecule has 0 radical (unpaired) electrons. The molecule has 0 spiro atoms. The molecule has 3 heterocycles. The minimum atomic E-state index is 0.724. The molecule has 0 fully saturated rings. The quantitative estimate of drug-likeness (QED) is 0.185. The summed E-state index contributed by atoms with van der Waals surface area (Å²) in [6.45, 7) is 4.13. The first kappa shape index (κ1) is 23.6. The molecule has 0 unspecified atom stereocenters. The normalized spacial score (nSPS) is 11.3. The molecule has 0 atom stereocenters. The fraction of sp³-hybridized carbons (Fsp3) is 0.0667. The van der Waals surface area contributed by atoms with Gasteiger partial charge in [0.1, 0.15) is 5.69 Å². The molecule has 0 saturated carbocycles. The van der Waals surface area contributed by atoms with Crippen LogP contribution in [0.3, 0.4) is 0 Å². The lowest BCUT2D eigenvalue weighted by molar-refractivity contribution is 0.846. The smallest absolute Gasteiger partial charge is 0.203 e. The number of aromatic nitrogens is 5. The fourth-order valence-corrected chi connectivity index (χ4v) is 4.88. The number of hydrazone groups is 1. The predicted octanol–water partition coefficient (Wildman–Crippen LogP) is 6.91. The van der Waals surface area contributed by atoms with Gasteiger partial charge in [0.2, 0.25) is 5.13 Å². The maximum atomic E-state index is 4.93. The lowest BCUT2D eigenvalue weighted by Crippen LogP contribution is -1.99. The van der Waals surface area contributed by atoms with Gasteiger partial charge in [0.25, 0.3) is 0 Å². The first-order valence-electron chi connectivity index (χ1n) is 12.2. The first-order chi connectivity index (χ1) is 18.7. The average Bonchev–Trinajstić information content (AvgIpc) is 3.69. The summed E-state index contributed by atoms with van der Waals surface area (Å²) in [6.07, 6.45) is 5.63. The van der Waals surface area contributed by atoms with Crippen LogP contribution in [0.4, 0.5) is 5.13 Å². The molecule has 8 heteroatoms. The van der Waals surface area contributed by atoms with Crippen LogP contribution in [-0.4, -0.2) is 30.8 Å². The summed E-state index contributed by atoms with van der Waals surface area (Å²) in [5.74, 6) is 0. The number of nitrogens with one attached hydrogen (secondary N) is 1. The number of hydrogen-bond acceptors (Lipinski definition) is 6. The summed E-state index contributed by atoms with van der Waals surface area (Å²) in [4.78, 5) is 4.69. The molecule has 186 valence electrons. The SMILES string of the molecule is Cc1ccc(-c2csc(N/N=C/c3cn(-c4ccccc4)nc3-c3cnn(-c4ccccc4)c3C)n2)cc1. The zero-order valence-corrected chi connectivity index (χ0v) is 21.8. The van der Waals surface area contributed by atoms with E-state index >= 15 is 0 Å². The lowest BCUT2D eigenvalue weighted by Gasteiger charge is -2.05. The monoisotopic (exact) mass is 515 g/mol. The van der Waals surface area contributed by atoms with E-state index in [1.54, 1.807) is 6.21 Å². The Labute approximate surface area is 224 Å². The van der Waals surface area contributed by atoms with E-state index in [0.717, 1.165) is 50.3 Å². The van der Waals surface area contributed by atoms with Gasteiger partial charge in [-0.3, -0.25) is 5.43 Å². The highest BCUT2D eigenvalue weighted by atomic mass is 32.1. The Bertz CT molecular complexity index is 1690. The summed E-state index contributed by atoms with van der Waals surface area (Å²) in [5, 5.41) is 16.8. The zero-order valence-electron chi connectivity index (χ0n) is 21.0. The molecule has 0 aliphatic carbocycles. The molecular weight excluding hydrogens is 490 g/mol. The van der Waals surface area contributed by atoms with Crippen molar-refractivity contribution >= 4 is 22.7 Å². The van der Waals surface area contributed by atoms with Gasteiger partial charge in [-0.05, 0) is 38.1 Å². The van der Waals surface area contributed by atoms with Crippen molar-refractivity contribution in [1.82, 2.24) is 24.5 Å². The van der Waals surface area contributed by atoms with Crippen LogP contribution in [0.25, 0.3) is 33.9 Å². The van der Waals surface area contributed by atoms with Gasteiger partial charge in [-0.1, -0.05) is 66.2 Å². The van der Waals surface area contributed by atoms with Crippen LogP contribution >= 0.6 is 11.3 Å². The van der Waals surface area contributed by atoms with Crippen molar-refractivity contribution in [2.24, 2.45) is 5.10 Å². The second-order valence-corrected chi connectivity index (χ2v) is 9.74. The highest BCUT2D eigenvalue weighted by Crippen LogP contribution is 2.28. The molecule has 0 amide bonds. The second-order valence-electron chi connectivity index (χ2n) is 8.88. The number of rotatable bonds is 7. The van der Waals surface area contributed by atoms with Gasteiger partial charge in [-0.25, -0.2) is 14.3 Å². The summed E-state index contributed by atoms with van der Waals surface area (Å²) < 4.78 is 3.80. The number of para-hydroxylation sites is 2. The summed E-state index contributed by atoms with van der Waals surface area (Å²) in [5.41, 5.74) is 11.9. The number of hydrogen-bond donors (Lipinski definition) is 1. The van der Waals surface area contributed by atoms with Crippen molar-refractivity contribution in [3.05, 3.63) is 120 Å². The van der Waals surface area contributed by atoms with Crippen molar-refractivity contribution < 1.29 is 0 Å². The molecule has 3 aromatic carbocycles. The number of thiazole rings is 1. The molecule has 1 N–H and O–H groups in total.